The van der Waals surface area contributed by atoms with Crippen LogP contribution in [0.1, 0.15) is 31.1 Å². The van der Waals surface area contributed by atoms with Gasteiger partial charge in [-0.15, -0.1) is 0 Å². The van der Waals surface area contributed by atoms with Crippen LogP contribution in [0, 0.1) is 0 Å². The molecule has 3 aromatic rings. The molecule has 3 fully saturated rings. The van der Waals surface area contributed by atoms with Gasteiger partial charge in [-0.3, -0.25) is 14.4 Å². The van der Waals surface area contributed by atoms with Crippen LogP contribution in [0.3, 0.4) is 0 Å². The van der Waals surface area contributed by atoms with Crippen LogP contribution in [0.25, 0.3) is 0 Å². The Balaban J connectivity index is 0.000000214. The maximum atomic E-state index is 12.5. The summed E-state index contributed by atoms with van der Waals surface area (Å²) in [5.41, 5.74) is -0.854. The molecule has 0 aromatic heterocycles. The zero-order chi connectivity index (χ0) is 48.3. The van der Waals surface area contributed by atoms with Gasteiger partial charge < -0.3 is 30.7 Å². The molecule has 3 heterocycles. The third kappa shape index (κ3) is 13.7. The second-order valence-corrected chi connectivity index (χ2v) is 21.1. The number of alkyl halides is 3. The van der Waals surface area contributed by atoms with Crippen molar-refractivity contribution in [1.82, 2.24) is 33.2 Å². The van der Waals surface area contributed by atoms with Crippen molar-refractivity contribution in [2.24, 2.45) is 0 Å². The molecule has 3 saturated heterocycles. The Bertz CT molecular complexity index is 2410. The summed E-state index contributed by atoms with van der Waals surface area (Å²) < 4.78 is 112. The maximum absolute atomic E-state index is 12.5. The fraction of sp³-hybridized carbons (Fsp3) is 0.475. The van der Waals surface area contributed by atoms with E-state index in [1.54, 1.807) is 81.6 Å². The van der Waals surface area contributed by atoms with Crippen molar-refractivity contribution in [2.45, 2.75) is 5.51 Å². The van der Waals surface area contributed by atoms with Crippen molar-refractivity contribution in [3.8, 4) is 0 Å². The third-order valence-electron chi connectivity index (χ3n) is 10.8. The number of halogens is 3. The lowest BCUT2D eigenvalue weighted by molar-refractivity contribution is -0.0490. The number of rotatable bonds is 10. The van der Waals surface area contributed by atoms with E-state index >= 15 is 0 Å². The number of hydrogen-bond acceptors (Lipinski definition) is 12. The Morgan fingerprint density at radius 2 is 0.738 bits per heavy atom. The monoisotopic (exact) mass is 974 g/mol. The molecule has 0 atom stereocenters. The van der Waals surface area contributed by atoms with Gasteiger partial charge in [-0.25, -0.2) is 16.8 Å². The van der Waals surface area contributed by atoms with Gasteiger partial charge in [0.25, 0.3) is 27.9 Å². The van der Waals surface area contributed by atoms with Crippen LogP contribution in [-0.4, -0.2) is 186 Å². The summed E-state index contributed by atoms with van der Waals surface area (Å²) in [4.78, 5) is 40.4. The van der Waals surface area contributed by atoms with E-state index < -0.39 is 35.8 Å². The first-order valence-electron chi connectivity index (χ1n) is 20.3. The minimum absolute atomic E-state index is 0.113. The van der Waals surface area contributed by atoms with E-state index in [-0.39, 0.29) is 43.9 Å². The minimum atomic E-state index is -5.27. The number of hydrogen-bond donors (Lipinski definition) is 3. The number of nitrogens with zero attached hydrogens (tertiary/aromatic N) is 7. The van der Waals surface area contributed by atoms with Gasteiger partial charge in [0.2, 0.25) is 10.0 Å². The third-order valence-corrected chi connectivity index (χ3v) is 15.6. The van der Waals surface area contributed by atoms with Gasteiger partial charge in [-0.05, 0) is 72.8 Å². The van der Waals surface area contributed by atoms with Gasteiger partial charge in [0.1, 0.15) is 0 Å². The minimum Gasteiger partial charge on any atom is -0.369 e. The Morgan fingerprint density at radius 3 is 0.969 bits per heavy atom. The highest BCUT2D eigenvalue weighted by molar-refractivity contribution is 7.90. The first-order chi connectivity index (χ1) is 30.4. The average molecular weight is 975 g/mol. The van der Waals surface area contributed by atoms with E-state index in [4.69, 9.17) is 0 Å². The number of anilines is 3. The lowest BCUT2D eigenvalue weighted by atomic mass is 10.1. The molecule has 0 radical (unpaired) electrons. The molecule has 0 aliphatic carbocycles. The second-order valence-electron chi connectivity index (χ2n) is 15.0. The molecule has 25 heteroatoms. The lowest BCUT2D eigenvalue weighted by Gasteiger charge is -2.36. The number of nitrogens with one attached hydrogen (secondary N) is 3. The molecule has 3 N–H and O–H groups in total. The van der Waals surface area contributed by atoms with E-state index in [0.29, 0.717) is 73.4 Å². The van der Waals surface area contributed by atoms with Crippen LogP contribution in [0.2, 0.25) is 0 Å². The maximum Gasteiger partial charge on any atom is 0.511 e. The molecule has 19 nitrogen and oxygen atoms in total. The first-order valence-corrected chi connectivity index (χ1v) is 25.0. The second kappa shape index (κ2) is 22.4. The normalized spacial score (nSPS) is 17.0. The predicted octanol–water partition coefficient (Wildman–Crippen LogP) is 1.12. The molecule has 65 heavy (non-hydrogen) atoms. The van der Waals surface area contributed by atoms with Crippen LogP contribution in [-0.2, 0) is 30.3 Å². The number of carbonyl (C=O) groups is 3. The molecule has 6 rings (SSSR count). The highest BCUT2D eigenvalue weighted by Crippen LogP contribution is 2.29. The smallest absolute Gasteiger partial charge is 0.369 e. The molecule has 0 unspecified atom stereocenters. The number of sulfonamides is 2. The summed E-state index contributed by atoms with van der Waals surface area (Å²) in [6, 6.07) is 21.2. The van der Waals surface area contributed by atoms with E-state index in [9.17, 15) is 52.8 Å². The number of piperazine rings is 3. The summed E-state index contributed by atoms with van der Waals surface area (Å²) >= 11 is 0. The Kier molecular flexibility index (Phi) is 18.1. The summed E-state index contributed by atoms with van der Waals surface area (Å²) in [5.74, 6) is -0.468. The van der Waals surface area contributed by atoms with Crippen LogP contribution in [0.4, 0.5) is 30.2 Å². The molecule has 3 amide bonds. The molecule has 3 aromatic carbocycles. The van der Waals surface area contributed by atoms with Gasteiger partial charge in [-0.1, -0.05) is 0 Å². The van der Waals surface area contributed by atoms with Gasteiger partial charge in [0, 0.05) is 148 Å². The van der Waals surface area contributed by atoms with Crippen molar-refractivity contribution < 1.29 is 52.8 Å². The molecule has 0 spiro atoms. The Morgan fingerprint density at radius 1 is 0.477 bits per heavy atom. The SMILES string of the molecule is CNC(=O)c1ccc(N2CCN(S(=O)(=O)C(F)(F)F)CC2)cc1.CNC(=O)c1ccc(N2CCN(S(=O)(=O)N(C)C)CC2)cc1.CNC(=O)c1ccc(N2CCN(S(C)(=O)=O)CC2)cc1. The van der Waals surface area contributed by atoms with Crippen molar-refractivity contribution in [3.05, 3.63) is 89.5 Å². The van der Waals surface area contributed by atoms with E-state index in [1.165, 1.54) is 26.2 Å². The molecule has 360 valence electrons. The van der Waals surface area contributed by atoms with Gasteiger partial charge >= 0.3 is 15.5 Å². The first kappa shape index (κ1) is 52.6. The number of benzene rings is 3. The quantitative estimate of drug-likeness (QED) is 0.261. The molecule has 0 bridgehead atoms. The zero-order valence-electron chi connectivity index (χ0n) is 37.1. The Labute approximate surface area is 379 Å². The van der Waals surface area contributed by atoms with E-state index in [2.05, 4.69) is 25.8 Å². The molecule has 3 aliphatic rings. The fourth-order valence-corrected chi connectivity index (χ4v) is 9.77. The van der Waals surface area contributed by atoms with Crippen LogP contribution < -0.4 is 30.7 Å². The predicted molar refractivity (Wildman–Crippen MR) is 243 cm³/mol. The zero-order valence-corrected chi connectivity index (χ0v) is 39.5. The van der Waals surface area contributed by atoms with Crippen LogP contribution in [0.5, 0.6) is 0 Å². The highest BCUT2D eigenvalue weighted by Gasteiger charge is 2.50. The van der Waals surface area contributed by atoms with Gasteiger partial charge in [-0.2, -0.15) is 38.8 Å². The average Bonchev–Trinajstić information content (AvgIpc) is 3.30. The van der Waals surface area contributed by atoms with E-state index in [1.807, 2.05) is 24.3 Å². The summed E-state index contributed by atoms with van der Waals surface area (Å²) in [6.07, 6.45) is 1.24. The summed E-state index contributed by atoms with van der Waals surface area (Å²) in [5, 5.41) is 7.64. The standard InChI is InChI=1S/C14H22N4O3S.C13H16F3N3O3S.C13H19N3O3S/c1-15-14(19)12-4-6-13(7-5-12)17-8-10-18(11-9-17)22(20,21)16(2)3;1-17-12(20)10-2-4-11(5-3-10)18-6-8-19(9-7-18)23(21,22)13(14,15)16;1-14-13(17)11-3-5-12(6-4-11)15-7-9-16(10-8-15)20(2,18)19/h4-7H,8-11H2,1-3H3,(H,15,19);2-5H,6-9H2,1H3,(H,17,20);3-6H,7-10H2,1-2H3,(H,14,17). The number of amides is 3. The highest BCUT2D eigenvalue weighted by atomic mass is 32.2. The molecule has 3 aliphatic heterocycles. The fourth-order valence-electron chi connectivity index (χ4n) is 6.92. The topological polar surface area (TPSA) is 212 Å². The largest absolute Gasteiger partial charge is 0.511 e. The number of carbonyl (C=O) groups excluding carboxylic acids is 3. The summed E-state index contributed by atoms with van der Waals surface area (Å²) in [6.45, 7) is 4.31. The molecular weight excluding hydrogens is 918 g/mol. The van der Waals surface area contributed by atoms with Gasteiger partial charge in [0.15, 0.2) is 0 Å². The van der Waals surface area contributed by atoms with E-state index in [0.717, 1.165) is 17.1 Å². The van der Waals surface area contributed by atoms with Crippen molar-refractivity contribution in [3.63, 3.8) is 0 Å². The summed E-state index contributed by atoms with van der Waals surface area (Å²) in [7, 11) is -3.92. The van der Waals surface area contributed by atoms with Crippen LogP contribution in [0.15, 0.2) is 72.8 Å². The Hall–Kier alpha value is -5.05. The lowest BCUT2D eigenvalue weighted by Crippen LogP contribution is -2.52. The van der Waals surface area contributed by atoms with Crippen molar-refractivity contribution in [1.29, 1.82) is 0 Å². The van der Waals surface area contributed by atoms with Crippen molar-refractivity contribution in [2.75, 3.05) is 135 Å². The molecular formula is C40H57F3N10O9S3. The molecule has 0 saturated carbocycles. The van der Waals surface area contributed by atoms with Crippen molar-refractivity contribution >= 4 is 65.0 Å². The van der Waals surface area contributed by atoms with Crippen LogP contribution >= 0.6 is 0 Å². The van der Waals surface area contributed by atoms with Gasteiger partial charge in [0.05, 0.1) is 6.26 Å².